The van der Waals surface area contributed by atoms with Crippen LogP contribution in [-0.2, 0) is 15.8 Å². The molecule has 0 spiro atoms. The molecule has 1 aromatic carbocycles. The number of sulfonamides is 1. The Morgan fingerprint density at radius 2 is 2.08 bits per heavy atom. The van der Waals surface area contributed by atoms with Crippen LogP contribution < -0.4 is 4.72 Å². The molecule has 7 nitrogen and oxygen atoms in total. The van der Waals surface area contributed by atoms with Crippen molar-refractivity contribution < 1.29 is 13.2 Å². The van der Waals surface area contributed by atoms with Crippen molar-refractivity contribution in [3.63, 3.8) is 0 Å². The number of fused-ring (bicyclic) bond motifs is 3. The third-order valence-electron chi connectivity index (χ3n) is 3.65. The number of thiazole rings is 1. The second-order valence-electron chi connectivity index (χ2n) is 5.47. The molecule has 0 saturated heterocycles. The molecule has 0 aliphatic carbocycles. The van der Waals surface area contributed by atoms with Gasteiger partial charge < -0.3 is 0 Å². The van der Waals surface area contributed by atoms with Gasteiger partial charge in [0, 0.05) is 11.6 Å². The van der Waals surface area contributed by atoms with Gasteiger partial charge in [-0.05, 0) is 23.8 Å². The standard InChI is InChI=1S/C16H10N4O3S3/c17-8-10-1-3-11(4-2-10)9-26(22,23)19-14(21)13-7-12-15(25-13)18-16-20(12)5-6-24-16/h1-7H,9H2,(H,19,21). The van der Waals surface area contributed by atoms with Gasteiger partial charge in [-0.15, -0.1) is 22.7 Å². The summed E-state index contributed by atoms with van der Waals surface area (Å²) in [7, 11) is -3.85. The monoisotopic (exact) mass is 402 g/mol. The Labute approximate surface area is 156 Å². The minimum Gasteiger partial charge on any atom is -0.289 e. The third kappa shape index (κ3) is 3.08. The first-order chi connectivity index (χ1) is 12.4. The number of hydrogen-bond acceptors (Lipinski definition) is 7. The number of imidazole rings is 1. The van der Waals surface area contributed by atoms with Crippen molar-refractivity contribution in [2.75, 3.05) is 0 Å². The van der Waals surface area contributed by atoms with Crippen LogP contribution in [0.2, 0.25) is 0 Å². The van der Waals surface area contributed by atoms with Crippen molar-refractivity contribution in [1.29, 1.82) is 5.26 Å². The maximum atomic E-state index is 12.3. The number of aromatic nitrogens is 2. The second-order valence-corrected chi connectivity index (χ2v) is 9.09. The second kappa shape index (κ2) is 6.21. The molecule has 4 rings (SSSR count). The number of nitriles is 1. The molecule has 0 fully saturated rings. The quantitative estimate of drug-likeness (QED) is 0.565. The molecule has 3 heterocycles. The van der Waals surface area contributed by atoms with E-state index in [1.807, 2.05) is 22.0 Å². The van der Waals surface area contributed by atoms with Crippen LogP contribution in [0.1, 0.15) is 20.8 Å². The number of carbonyl (C=O) groups is 1. The molecule has 0 aliphatic heterocycles. The summed E-state index contributed by atoms with van der Waals surface area (Å²) in [6, 6.07) is 9.78. The molecule has 4 aromatic rings. The van der Waals surface area contributed by atoms with Crippen LogP contribution in [0, 0.1) is 11.3 Å². The average molecular weight is 402 g/mol. The van der Waals surface area contributed by atoms with E-state index in [1.165, 1.54) is 23.5 Å². The van der Waals surface area contributed by atoms with Crippen LogP contribution in [0.25, 0.3) is 15.3 Å². The summed E-state index contributed by atoms with van der Waals surface area (Å²) in [4.78, 5) is 18.5. The molecule has 1 N–H and O–H groups in total. The minimum atomic E-state index is -3.85. The third-order valence-corrected chi connectivity index (χ3v) is 6.63. The highest BCUT2D eigenvalue weighted by atomic mass is 32.2. The van der Waals surface area contributed by atoms with Crippen molar-refractivity contribution in [3.05, 3.63) is 57.9 Å². The van der Waals surface area contributed by atoms with Gasteiger partial charge >= 0.3 is 0 Å². The van der Waals surface area contributed by atoms with Gasteiger partial charge in [0.2, 0.25) is 10.0 Å². The molecule has 10 heteroatoms. The Balaban J connectivity index is 1.54. The van der Waals surface area contributed by atoms with E-state index in [2.05, 4.69) is 9.71 Å². The molecule has 0 unspecified atom stereocenters. The molecule has 0 aliphatic rings. The number of rotatable bonds is 4. The van der Waals surface area contributed by atoms with E-state index in [4.69, 9.17) is 5.26 Å². The Hall–Kier alpha value is -2.74. The van der Waals surface area contributed by atoms with Gasteiger partial charge in [0.05, 0.1) is 27.8 Å². The first-order valence-electron chi connectivity index (χ1n) is 7.34. The molecular weight excluding hydrogens is 392 g/mol. The summed E-state index contributed by atoms with van der Waals surface area (Å²) < 4.78 is 28.4. The van der Waals surface area contributed by atoms with Crippen molar-refractivity contribution in [1.82, 2.24) is 14.1 Å². The van der Waals surface area contributed by atoms with Gasteiger partial charge in [-0.25, -0.2) is 18.1 Å². The Kier molecular flexibility index (Phi) is 3.99. The van der Waals surface area contributed by atoms with Crippen LogP contribution in [0.3, 0.4) is 0 Å². The summed E-state index contributed by atoms with van der Waals surface area (Å²) in [5, 5.41) is 10.7. The first-order valence-corrected chi connectivity index (χ1v) is 10.7. The lowest BCUT2D eigenvalue weighted by Crippen LogP contribution is -2.31. The lowest BCUT2D eigenvalue weighted by molar-refractivity contribution is 0.0985. The van der Waals surface area contributed by atoms with E-state index in [0.717, 1.165) is 21.8 Å². The van der Waals surface area contributed by atoms with E-state index < -0.39 is 15.9 Å². The SMILES string of the molecule is N#Cc1ccc(CS(=O)(=O)NC(=O)c2cc3c(nc4sccn43)s2)cc1. The number of carbonyl (C=O) groups excluding carboxylic acids is 1. The predicted octanol–water partition coefficient (Wildman–Crippen LogP) is 2.74. The summed E-state index contributed by atoms with van der Waals surface area (Å²) in [5.74, 6) is -1.02. The zero-order valence-corrected chi connectivity index (χ0v) is 15.5. The Morgan fingerprint density at radius 1 is 1.31 bits per heavy atom. The predicted molar refractivity (Wildman–Crippen MR) is 99.7 cm³/mol. The average Bonchev–Trinajstić information content (AvgIpc) is 3.26. The number of amides is 1. The maximum Gasteiger partial charge on any atom is 0.274 e. The number of thiophene rings is 1. The zero-order valence-electron chi connectivity index (χ0n) is 13.0. The molecule has 0 saturated carbocycles. The molecule has 0 radical (unpaired) electrons. The van der Waals surface area contributed by atoms with Crippen LogP contribution in [0.15, 0.2) is 41.9 Å². The minimum absolute atomic E-state index is 0.284. The van der Waals surface area contributed by atoms with E-state index >= 15 is 0 Å². The summed E-state index contributed by atoms with van der Waals surface area (Å²) in [6.45, 7) is 0. The van der Waals surface area contributed by atoms with Gasteiger partial charge in [0.25, 0.3) is 5.91 Å². The number of benzene rings is 1. The molecule has 0 atom stereocenters. The highest BCUT2D eigenvalue weighted by Crippen LogP contribution is 2.28. The largest absolute Gasteiger partial charge is 0.289 e. The fraction of sp³-hybridized carbons (Fsp3) is 0.0625. The fourth-order valence-electron chi connectivity index (χ4n) is 2.48. The van der Waals surface area contributed by atoms with Crippen molar-refractivity contribution in [3.8, 4) is 6.07 Å². The maximum absolute atomic E-state index is 12.3. The summed E-state index contributed by atoms with van der Waals surface area (Å²) >= 11 is 2.64. The van der Waals surface area contributed by atoms with E-state index in [1.54, 1.807) is 18.2 Å². The Bertz CT molecular complexity index is 1270. The number of nitrogens with zero attached hydrogens (tertiary/aromatic N) is 3. The van der Waals surface area contributed by atoms with Crippen LogP contribution in [-0.4, -0.2) is 23.7 Å². The highest BCUT2D eigenvalue weighted by molar-refractivity contribution is 7.89. The van der Waals surface area contributed by atoms with E-state index in [-0.39, 0.29) is 10.6 Å². The smallest absolute Gasteiger partial charge is 0.274 e. The lowest BCUT2D eigenvalue weighted by atomic mass is 10.2. The molecule has 26 heavy (non-hydrogen) atoms. The highest BCUT2D eigenvalue weighted by Gasteiger charge is 2.20. The van der Waals surface area contributed by atoms with Crippen LogP contribution in [0.4, 0.5) is 0 Å². The van der Waals surface area contributed by atoms with E-state index in [0.29, 0.717) is 16.0 Å². The molecule has 3 aromatic heterocycles. The van der Waals surface area contributed by atoms with Gasteiger partial charge in [0.1, 0.15) is 4.83 Å². The molecular formula is C16H10N4O3S3. The Morgan fingerprint density at radius 3 is 2.81 bits per heavy atom. The molecule has 130 valence electrons. The lowest BCUT2D eigenvalue weighted by Gasteiger charge is -2.06. The van der Waals surface area contributed by atoms with Crippen molar-refractivity contribution in [2.45, 2.75) is 5.75 Å². The van der Waals surface area contributed by atoms with Crippen molar-refractivity contribution in [2.24, 2.45) is 0 Å². The number of hydrogen-bond donors (Lipinski definition) is 1. The van der Waals surface area contributed by atoms with E-state index in [9.17, 15) is 13.2 Å². The van der Waals surface area contributed by atoms with Gasteiger partial charge in [-0.3, -0.25) is 9.20 Å². The topological polar surface area (TPSA) is 104 Å². The van der Waals surface area contributed by atoms with Crippen LogP contribution >= 0.6 is 22.7 Å². The van der Waals surface area contributed by atoms with Gasteiger partial charge in [-0.2, -0.15) is 5.26 Å². The van der Waals surface area contributed by atoms with Gasteiger partial charge in [0.15, 0.2) is 4.96 Å². The van der Waals surface area contributed by atoms with Crippen molar-refractivity contribution >= 4 is 53.9 Å². The molecule has 1 amide bonds. The summed E-state index contributed by atoms with van der Waals surface area (Å²) in [6.07, 6.45) is 1.85. The number of nitrogens with one attached hydrogen (secondary N) is 1. The normalized spacial score (nSPS) is 11.7. The van der Waals surface area contributed by atoms with Crippen LogP contribution in [0.5, 0.6) is 0 Å². The fourth-order valence-corrected chi connectivity index (χ4v) is 5.34. The zero-order chi connectivity index (χ0) is 18.3. The molecule has 0 bridgehead atoms. The van der Waals surface area contributed by atoms with Gasteiger partial charge in [-0.1, -0.05) is 12.1 Å². The summed E-state index contributed by atoms with van der Waals surface area (Å²) in [5.41, 5.74) is 1.71. The first kappa shape index (κ1) is 16.7.